The summed E-state index contributed by atoms with van der Waals surface area (Å²) in [7, 11) is 0. The average molecular weight is 465 g/mol. The Balaban J connectivity index is 1.29. The molecule has 5 rings (SSSR count). The number of halogens is 3. The van der Waals surface area contributed by atoms with Crippen LogP contribution in [0.1, 0.15) is 29.5 Å². The molecule has 2 heterocycles. The van der Waals surface area contributed by atoms with Gasteiger partial charge in [0, 0.05) is 49.6 Å². The molecular weight excluding hydrogens is 437 g/mol. The number of aromatic nitrogens is 1. The number of ether oxygens (including phenoxy) is 1. The van der Waals surface area contributed by atoms with E-state index in [1.54, 1.807) is 0 Å². The standard InChI is InChI=1S/C28H27F3N2O/c29-28(30,31)23-10-12-24(13-11-23)34-27(22-6-2-1-3-7-22)15-18-33(19-16-27)17-14-21-20-32-26-9-5-4-8-25(21)26/h1-13,20,32H,14-19H2. The Labute approximate surface area is 197 Å². The molecule has 1 aromatic heterocycles. The minimum absolute atomic E-state index is 0.462. The molecule has 6 heteroatoms. The van der Waals surface area contributed by atoms with Gasteiger partial charge in [-0.05, 0) is 47.9 Å². The third-order valence-electron chi connectivity index (χ3n) is 6.83. The van der Waals surface area contributed by atoms with Gasteiger partial charge in [-0.15, -0.1) is 0 Å². The second-order valence-corrected chi connectivity index (χ2v) is 8.94. The van der Waals surface area contributed by atoms with Gasteiger partial charge in [-0.3, -0.25) is 0 Å². The number of hydrogen-bond acceptors (Lipinski definition) is 2. The molecule has 3 nitrogen and oxygen atoms in total. The molecular formula is C28H27F3N2O. The summed E-state index contributed by atoms with van der Waals surface area (Å²) in [6, 6.07) is 23.4. The molecule has 0 radical (unpaired) electrons. The summed E-state index contributed by atoms with van der Waals surface area (Å²) in [5.74, 6) is 0.462. The van der Waals surface area contributed by atoms with E-state index in [4.69, 9.17) is 4.74 Å². The highest BCUT2D eigenvalue weighted by Gasteiger charge is 2.38. The number of rotatable bonds is 6. The first-order valence-corrected chi connectivity index (χ1v) is 11.6. The van der Waals surface area contributed by atoms with Gasteiger partial charge in [0.2, 0.25) is 0 Å². The van der Waals surface area contributed by atoms with Crippen LogP contribution in [0.5, 0.6) is 5.75 Å². The van der Waals surface area contributed by atoms with Crippen LogP contribution in [0.15, 0.2) is 85.1 Å². The first-order valence-electron chi connectivity index (χ1n) is 11.6. The molecule has 0 unspecified atom stereocenters. The van der Waals surface area contributed by atoms with Crippen LogP contribution in [-0.4, -0.2) is 29.5 Å². The number of H-pyrrole nitrogens is 1. The molecule has 1 N–H and O–H groups in total. The maximum Gasteiger partial charge on any atom is 0.416 e. The van der Waals surface area contributed by atoms with Gasteiger partial charge in [0.05, 0.1) is 5.56 Å². The second kappa shape index (κ2) is 9.18. The molecule has 34 heavy (non-hydrogen) atoms. The zero-order valence-electron chi connectivity index (χ0n) is 18.8. The van der Waals surface area contributed by atoms with Crippen LogP contribution in [0.25, 0.3) is 10.9 Å². The van der Waals surface area contributed by atoms with Crippen molar-refractivity contribution in [2.45, 2.75) is 31.0 Å². The van der Waals surface area contributed by atoms with Crippen LogP contribution in [0, 0.1) is 0 Å². The van der Waals surface area contributed by atoms with Crippen molar-refractivity contribution < 1.29 is 17.9 Å². The number of alkyl halides is 3. The summed E-state index contributed by atoms with van der Waals surface area (Å²) in [4.78, 5) is 5.79. The summed E-state index contributed by atoms with van der Waals surface area (Å²) < 4.78 is 45.4. The lowest BCUT2D eigenvalue weighted by molar-refractivity contribution is -0.137. The highest BCUT2D eigenvalue weighted by atomic mass is 19.4. The van der Waals surface area contributed by atoms with Crippen molar-refractivity contribution in [3.05, 3.63) is 102 Å². The Morgan fingerprint density at radius 1 is 0.853 bits per heavy atom. The monoisotopic (exact) mass is 464 g/mol. The second-order valence-electron chi connectivity index (χ2n) is 8.94. The van der Waals surface area contributed by atoms with E-state index >= 15 is 0 Å². The topological polar surface area (TPSA) is 28.3 Å². The fourth-order valence-electron chi connectivity index (χ4n) is 4.88. The minimum Gasteiger partial charge on any atom is -0.482 e. The molecule has 176 valence electrons. The predicted molar refractivity (Wildman–Crippen MR) is 128 cm³/mol. The van der Waals surface area contributed by atoms with E-state index in [0.29, 0.717) is 5.75 Å². The largest absolute Gasteiger partial charge is 0.482 e. The lowest BCUT2D eigenvalue weighted by Gasteiger charge is -2.42. The van der Waals surface area contributed by atoms with E-state index in [-0.39, 0.29) is 0 Å². The predicted octanol–water partition coefficient (Wildman–Crippen LogP) is 6.80. The first-order chi connectivity index (χ1) is 16.4. The van der Waals surface area contributed by atoms with Gasteiger partial charge in [-0.1, -0.05) is 48.5 Å². The maximum atomic E-state index is 13.0. The van der Waals surface area contributed by atoms with Crippen LogP contribution in [-0.2, 0) is 18.2 Å². The lowest BCUT2D eigenvalue weighted by atomic mass is 9.84. The van der Waals surface area contributed by atoms with Crippen molar-refractivity contribution in [3.8, 4) is 5.75 Å². The molecule has 1 fully saturated rings. The van der Waals surface area contributed by atoms with E-state index in [1.165, 1.54) is 23.1 Å². The Morgan fingerprint density at radius 3 is 2.24 bits per heavy atom. The molecule has 0 aliphatic carbocycles. The number of piperidine rings is 1. The van der Waals surface area contributed by atoms with Gasteiger partial charge < -0.3 is 14.6 Å². The highest BCUT2D eigenvalue weighted by Crippen LogP contribution is 2.39. The third-order valence-corrected chi connectivity index (χ3v) is 6.83. The van der Waals surface area contributed by atoms with E-state index in [9.17, 15) is 13.2 Å². The number of likely N-dealkylation sites (tertiary alicyclic amines) is 1. The van der Waals surface area contributed by atoms with E-state index in [0.717, 1.165) is 62.1 Å². The molecule has 0 amide bonds. The average Bonchev–Trinajstić information content (AvgIpc) is 3.27. The van der Waals surface area contributed by atoms with Crippen LogP contribution in [0.2, 0.25) is 0 Å². The fourth-order valence-corrected chi connectivity index (χ4v) is 4.88. The SMILES string of the molecule is FC(F)(F)c1ccc(OC2(c3ccccc3)CCN(CCc3c[nH]c4ccccc34)CC2)cc1. The molecule has 1 aliphatic heterocycles. The summed E-state index contributed by atoms with van der Waals surface area (Å²) in [6.07, 6.45) is 0.238. The van der Waals surface area contributed by atoms with Crippen molar-refractivity contribution in [1.29, 1.82) is 0 Å². The first kappa shape index (κ1) is 22.5. The lowest BCUT2D eigenvalue weighted by Crippen LogP contribution is -2.46. The van der Waals surface area contributed by atoms with Crippen molar-refractivity contribution in [2.75, 3.05) is 19.6 Å². The number of fused-ring (bicyclic) bond motifs is 1. The smallest absolute Gasteiger partial charge is 0.416 e. The highest BCUT2D eigenvalue weighted by molar-refractivity contribution is 5.83. The van der Waals surface area contributed by atoms with Crippen molar-refractivity contribution in [3.63, 3.8) is 0 Å². The molecule has 0 spiro atoms. The van der Waals surface area contributed by atoms with Crippen LogP contribution >= 0.6 is 0 Å². The van der Waals surface area contributed by atoms with Crippen molar-refractivity contribution in [1.82, 2.24) is 9.88 Å². The van der Waals surface area contributed by atoms with Crippen molar-refractivity contribution in [2.24, 2.45) is 0 Å². The van der Waals surface area contributed by atoms with Crippen LogP contribution in [0.4, 0.5) is 13.2 Å². The molecule has 1 aliphatic rings. The number of nitrogens with one attached hydrogen (secondary N) is 1. The van der Waals surface area contributed by atoms with E-state index < -0.39 is 17.3 Å². The number of aromatic amines is 1. The zero-order chi connectivity index (χ0) is 23.6. The normalized spacial score (nSPS) is 16.6. The molecule has 1 saturated heterocycles. The fraction of sp³-hybridized carbons (Fsp3) is 0.286. The van der Waals surface area contributed by atoms with Crippen LogP contribution < -0.4 is 4.74 Å². The van der Waals surface area contributed by atoms with Crippen LogP contribution in [0.3, 0.4) is 0 Å². The third kappa shape index (κ3) is 4.68. The molecule has 0 atom stereocenters. The summed E-state index contributed by atoms with van der Waals surface area (Å²) in [6.45, 7) is 2.67. The number of nitrogens with zero attached hydrogens (tertiary/aromatic N) is 1. The van der Waals surface area contributed by atoms with Crippen molar-refractivity contribution >= 4 is 10.9 Å². The molecule has 0 saturated carbocycles. The van der Waals surface area contributed by atoms with Gasteiger partial charge in [0.1, 0.15) is 11.4 Å². The Kier molecular flexibility index (Phi) is 6.09. The van der Waals surface area contributed by atoms with Gasteiger partial charge in [-0.25, -0.2) is 0 Å². The Morgan fingerprint density at radius 2 is 1.53 bits per heavy atom. The molecule has 3 aromatic carbocycles. The molecule has 0 bridgehead atoms. The van der Waals surface area contributed by atoms with Gasteiger partial charge in [0.25, 0.3) is 0 Å². The van der Waals surface area contributed by atoms with Gasteiger partial charge in [0.15, 0.2) is 0 Å². The minimum atomic E-state index is -4.36. The number of benzene rings is 3. The van der Waals surface area contributed by atoms with E-state index in [1.807, 2.05) is 36.4 Å². The number of para-hydroxylation sites is 1. The van der Waals surface area contributed by atoms with Gasteiger partial charge in [-0.2, -0.15) is 13.2 Å². The quantitative estimate of drug-likeness (QED) is 0.340. The zero-order valence-corrected chi connectivity index (χ0v) is 18.8. The molecule has 4 aromatic rings. The summed E-state index contributed by atoms with van der Waals surface area (Å²) in [5.41, 5.74) is 2.31. The number of hydrogen-bond donors (Lipinski definition) is 1. The van der Waals surface area contributed by atoms with E-state index in [2.05, 4.69) is 34.3 Å². The van der Waals surface area contributed by atoms with Gasteiger partial charge >= 0.3 is 6.18 Å². The summed E-state index contributed by atoms with van der Waals surface area (Å²) >= 11 is 0. The Bertz CT molecular complexity index is 1220. The summed E-state index contributed by atoms with van der Waals surface area (Å²) in [5, 5.41) is 1.27. The Hall–Kier alpha value is -3.25. The maximum absolute atomic E-state index is 13.0.